The Morgan fingerprint density at radius 1 is 1.67 bits per heavy atom. The van der Waals surface area contributed by atoms with Crippen molar-refractivity contribution in [2.75, 3.05) is 31.2 Å². The predicted molar refractivity (Wildman–Crippen MR) is 69.7 cm³/mol. The highest BCUT2D eigenvalue weighted by Gasteiger charge is 2.17. The first-order chi connectivity index (χ1) is 8.74. The van der Waals surface area contributed by atoms with Crippen molar-refractivity contribution in [3.05, 3.63) is 36.5 Å². The molecule has 0 atom stereocenters. The maximum atomic E-state index is 11.8. The van der Waals surface area contributed by atoms with E-state index < -0.39 is 5.97 Å². The summed E-state index contributed by atoms with van der Waals surface area (Å²) in [6, 6.07) is 3.34. The first-order valence-electron chi connectivity index (χ1n) is 5.83. The molecule has 0 radical (unpaired) electrons. The maximum absolute atomic E-state index is 11.8. The first kappa shape index (κ1) is 14.2. The molecule has 5 nitrogen and oxygen atoms in total. The smallest absolute Gasteiger partial charge is 0.341 e. The Balaban J connectivity index is 3.04. The molecule has 0 fully saturated rings. The number of hydrogen-bond donors (Lipinski definition) is 1. The van der Waals surface area contributed by atoms with E-state index in [1.807, 2.05) is 0 Å². The fourth-order valence-corrected chi connectivity index (χ4v) is 1.58. The number of aliphatic hydroxyl groups is 1. The second-order valence-electron chi connectivity index (χ2n) is 3.55. The fraction of sp³-hybridized carbons (Fsp3) is 0.385. The summed E-state index contributed by atoms with van der Waals surface area (Å²) in [6.45, 7) is 6.59. The lowest BCUT2D eigenvalue weighted by molar-refractivity contribution is 0.0526. The number of ether oxygens (including phenoxy) is 1. The molecule has 0 aliphatic carbocycles. The minimum Gasteiger partial charge on any atom is -0.462 e. The van der Waals surface area contributed by atoms with Crippen molar-refractivity contribution in [3.63, 3.8) is 0 Å². The molecule has 0 aliphatic heterocycles. The van der Waals surface area contributed by atoms with Crippen LogP contribution in [0.2, 0.25) is 0 Å². The number of anilines is 1. The standard InChI is InChI=1S/C13H18N2O3/c1-3-8-15(9-10-16)12-11(6-5-7-14-12)13(17)18-4-2/h3,5-7,16H,1,4,8-10H2,2H3. The predicted octanol–water partition coefficient (Wildman–Crippen LogP) is 1.24. The number of rotatable bonds is 7. The Labute approximate surface area is 107 Å². The highest BCUT2D eigenvalue weighted by Crippen LogP contribution is 2.18. The summed E-state index contributed by atoms with van der Waals surface area (Å²) in [4.78, 5) is 17.8. The Hall–Kier alpha value is -1.88. The normalized spacial score (nSPS) is 9.89. The lowest BCUT2D eigenvalue weighted by atomic mass is 10.2. The topological polar surface area (TPSA) is 62.7 Å². The van der Waals surface area contributed by atoms with Crippen molar-refractivity contribution < 1.29 is 14.6 Å². The van der Waals surface area contributed by atoms with E-state index >= 15 is 0 Å². The van der Waals surface area contributed by atoms with Crippen LogP contribution >= 0.6 is 0 Å². The van der Waals surface area contributed by atoms with Gasteiger partial charge in [0.1, 0.15) is 11.4 Å². The number of hydrogen-bond acceptors (Lipinski definition) is 5. The molecule has 5 heteroatoms. The Morgan fingerprint density at radius 2 is 2.44 bits per heavy atom. The van der Waals surface area contributed by atoms with E-state index in [-0.39, 0.29) is 6.61 Å². The van der Waals surface area contributed by atoms with E-state index in [1.165, 1.54) is 0 Å². The highest BCUT2D eigenvalue weighted by molar-refractivity contribution is 5.94. The third-order valence-electron chi connectivity index (χ3n) is 2.30. The molecule has 0 saturated heterocycles. The minimum absolute atomic E-state index is 0.0212. The monoisotopic (exact) mass is 250 g/mol. The van der Waals surface area contributed by atoms with E-state index in [4.69, 9.17) is 9.84 Å². The summed E-state index contributed by atoms with van der Waals surface area (Å²) in [7, 11) is 0. The lowest BCUT2D eigenvalue weighted by Gasteiger charge is -2.22. The number of pyridine rings is 1. The van der Waals surface area contributed by atoms with Gasteiger partial charge in [-0.05, 0) is 19.1 Å². The van der Waals surface area contributed by atoms with E-state index in [1.54, 1.807) is 36.2 Å². The summed E-state index contributed by atoms with van der Waals surface area (Å²) in [5.41, 5.74) is 0.398. The van der Waals surface area contributed by atoms with Gasteiger partial charge in [-0.2, -0.15) is 0 Å². The molecule has 0 aromatic carbocycles. The zero-order valence-electron chi connectivity index (χ0n) is 10.5. The van der Waals surface area contributed by atoms with Gasteiger partial charge in [-0.1, -0.05) is 6.08 Å². The van der Waals surface area contributed by atoms with Crippen molar-refractivity contribution in [3.8, 4) is 0 Å². The molecule has 1 rings (SSSR count). The molecule has 0 spiro atoms. The summed E-state index contributed by atoms with van der Waals surface area (Å²) >= 11 is 0. The Bertz CT molecular complexity index is 407. The highest BCUT2D eigenvalue weighted by atomic mass is 16.5. The van der Waals surface area contributed by atoms with Crippen LogP contribution in [0.1, 0.15) is 17.3 Å². The second kappa shape index (κ2) is 7.45. The van der Waals surface area contributed by atoms with Crippen LogP contribution in [0.4, 0.5) is 5.82 Å². The van der Waals surface area contributed by atoms with Gasteiger partial charge in [0.05, 0.1) is 13.2 Å². The van der Waals surface area contributed by atoms with Gasteiger partial charge in [-0.3, -0.25) is 0 Å². The van der Waals surface area contributed by atoms with Crippen molar-refractivity contribution >= 4 is 11.8 Å². The van der Waals surface area contributed by atoms with Crippen molar-refractivity contribution in [2.45, 2.75) is 6.92 Å². The van der Waals surface area contributed by atoms with E-state index in [0.29, 0.717) is 31.1 Å². The molecular weight excluding hydrogens is 232 g/mol. The van der Waals surface area contributed by atoms with Gasteiger partial charge in [0.25, 0.3) is 0 Å². The van der Waals surface area contributed by atoms with Gasteiger partial charge in [0, 0.05) is 19.3 Å². The number of carbonyl (C=O) groups excluding carboxylic acids is 1. The molecule has 18 heavy (non-hydrogen) atoms. The summed E-state index contributed by atoms with van der Waals surface area (Å²) in [5.74, 6) is 0.0949. The summed E-state index contributed by atoms with van der Waals surface area (Å²) in [6.07, 6.45) is 3.30. The average molecular weight is 250 g/mol. The molecule has 1 aromatic heterocycles. The Morgan fingerprint density at radius 3 is 3.06 bits per heavy atom. The third-order valence-corrected chi connectivity index (χ3v) is 2.30. The zero-order chi connectivity index (χ0) is 13.4. The SMILES string of the molecule is C=CCN(CCO)c1ncccc1C(=O)OCC. The van der Waals surface area contributed by atoms with Gasteiger partial charge < -0.3 is 14.7 Å². The molecule has 0 saturated carbocycles. The molecule has 1 heterocycles. The minimum atomic E-state index is -0.410. The third kappa shape index (κ3) is 3.56. The number of aliphatic hydroxyl groups excluding tert-OH is 1. The van der Waals surface area contributed by atoms with Crippen molar-refractivity contribution in [1.82, 2.24) is 4.98 Å². The number of aromatic nitrogens is 1. The van der Waals surface area contributed by atoms with Crippen LogP contribution in [-0.4, -0.2) is 42.4 Å². The number of carbonyl (C=O) groups is 1. The largest absolute Gasteiger partial charge is 0.462 e. The van der Waals surface area contributed by atoms with Crippen LogP contribution < -0.4 is 4.90 Å². The quantitative estimate of drug-likeness (QED) is 0.583. The molecule has 0 aliphatic rings. The molecule has 1 N–H and O–H groups in total. The van der Waals surface area contributed by atoms with Gasteiger partial charge in [-0.25, -0.2) is 9.78 Å². The molecular formula is C13H18N2O3. The Kier molecular flexibility index (Phi) is 5.87. The number of nitrogens with zero attached hydrogens (tertiary/aromatic N) is 2. The maximum Gasteiger partial charge on any atom is 0.341 e. The average Bonchev–Trinajstić information content (AvgIpc) is 2.39. The van der Waals surface area contributed by atoms with Crippen LogP contribution in [0, 0.1) is 0 Å². The summed E-state index contributed by atoms with van der Waals surface area (Å²) < 4.78 is 4.98. The van der Waals surface area contributed by atoms with Crippen LogP contribution in [0.5, 0.6) is 0 Å². The molecule has 0 unspecified atom stereocenters. The summed E-state index contributed by atoms with van der Waals surface area (Å²) in [5, 5.41) is 9.04. The molecule has 1 aromatic rings. The zero-order valence-corrected chi connectivity index (χ0v) is 10.5. The lowest BCUT2D eigenvalue weighted by Crippen LogP contribution is -2.29. The van der Waals surface area contributed by atoms with Crippen molar-refractivity contribution in [1.29, 1.82) is 0 Å². The molecule has 98 valence electrons. The van der Waals surface area contributed by atoms with Crippen LogP contribution in [-0.2, 0) is 4.74 Å². The van der Waals surface area contributed by atoms with Gasteiger partial charge in [-0.15, -0.1) is 6.58 Å². The van der Waals surface area contributed by atoms with Gasteiger partial charge in [0.15, 0.2) is 0 Å². The van der Waals surface area contributed by atoms with E-state index in [9.17, 15) is 4.79 Å². The number of esters is 1. The molecule has 0 bridgehead atoms. The van der Waals surface area contributed by atoms with Gasteiger partial charge in [0.2, 0.25) is 0 Å². The second-order valence-corrected chi connectivity index (χ2v) is 3.55. The van der Waals surface area contributed by atoms with Crippen LogP contribution in [0.25, 0.3) is 0 Å². The van der Waals surface area contributed by atoms with Crippen molar-refractivity contribution in [2.24, 2.45) is 0 Å². The van der Waals surface area contributed by atoms with Gasteiger partial charge >= 0.3 is 5.97 Å². The fourth-order valence-electron chi connectivity index (χ4n) is 1.58. The van der Waals surface area contributed by atoms with Crippen LogP contribution in [0.15, 0.2) is 31.0 Å². The molecule has 0 amide bonds. The van der Waals surface area contributed by atoms with E-state index in [0.717, 1.165) is 0 Å². The first-order valence-corrected chi connectivity index (χ1v) is 5.83. The van der Waals surface area contributed by atoms with Crippen LogP contribution in [0.3, 0.4) is 0 Å². The van der Waals surface area contributed by atoms with E-state index in [2.05, 4.69) is 11.6 Å².